The van der Waals surface area contributed by atoms with E-state index in [-0.39, 0.29) is 5.91 Å². The van der Waals surface area contributed by atoms with Crippen LogP contribution in [0.1, 0.15) is 5.69 Å². The fraction of sp³-hybridized carbons (Fsp3) is 0.250. The first-order valence-corrected chi connectivity index (χ1v) is 10.1. The number of methoxy groups -OCH3 is 6. The zero-order valence-electron chi connectivity index (χ0n) is 19.8. The molecule has 10 heteroatoms. The number of H-pyrrole nitrogens is 1. The smallest absolute Gasteiger partial charge is 0.248 e. The van der Waals surface area contributed by atoms with Gasteiger partial charge < -0.3 is 33.7 Å². The molecule has 0 aliphatic heterocycles. The SMILES string of the molecule is COc1cc(NC(=O)/C=C/c2cc(-c3cc(OC)c(OC)c(OC)c3)n[nH]2)cc(OC)c1OC. The van der Waals surface area contributed by atoms with E-state index in [1.165, 1.54) is 27.4 Å². The number of aromatic nitrogens is 2. The van der Waals surface area contributed by atoms with Crippen LogP contribution in [0.15, 0.2) is 36.4 Å². The van der Waals surface area contributed by atoms with Crippen molar-refractivity contribution in [2.24, 2.45) is 0 Å². The van der Waals surface area contributed by atoms with Gasteiger partial charge in [0.05, 0.1) is 54.0 Å². The maximum Gasteiger partial charge on any atom is 0.248 e. The number of hydrogen-bond donors (Lipinski definition) is 2. The van der Waals surface area contributed by atoms with Crippen LogP contribution in [0.4, 0.5) is 5.69 Å². The van der Waals surface area contributed by atoms with Crippen LogP contribution in [-0.4, -0.2) is 58.8 Å². The molecule has 34 heavy (non-hydrogen) atoms. The number of amides is 1. The van der Waals surface area contributed by atoms with Crippen molar-refractivity contribution in [3.8, 4) is 45.8 Å². The minimum Gasteiger partial charge on any atom is -0.493 e. The number of hydrogen-bond acceptors (Lipinski definition) is 8. The van der Waals surface area contributed by atoms with E-state index < -0.39 is 0 Å². The monoisotopic (exact) mass is 469 g/mol. The Bertz CT molecular complexity index is 1140. The fourth-order valence-corrected chi connectivity index (χ4v) is 3.30. The average Bonchev–Trinajstić information content (AvgIpc) is 3.34. The van der Waals surface area contributed by atoms with Crippen molar-refractivity contribution in [3.05, 3.63) is 42.1 Å². The third kappa shape index (κ3) is 5.17. The predicted octanol–water partition coefficient (Wildman–Crippen LogP) is 3.78. The second-order valence-electron chi connectivity index (χ2n) is 6.86. The van der Waals surface area contributed by atoms with Crippen molar-refractivity contribution in [1.29, 1.82) is 0 Å². The van der Waals surface area contributed by atoms with Gasteiger partial charge in [0.1, 0.15) is 0 Å². The largest absolute Gasteiger partial charge is 0.493 e. The molecule has 10 nitrogen and oxygen atoms in total. The molecule has 1 amide bonds. The highest BCUT2D eigenvalue weighted by Crippen LogP contribution is 2.41. The van der Waals surface area contributed by atoms with Crippen molar-refractivity contribution < 1.29 is 33.2 Å². The highest BCUT2D eigenvalue weighted by atomic mass is 16.5. The van der Waals surface area contributed by atoms with E-state index in [0.717, 1.165) is 5.56 Å². The van der Waals surface area contributed by atoms with Gasteiger partial charge in [0.2, 0.25) is 17.4 Å². The number of nitrogens with one attached hydrogen (secondary N) is 2. The van der Waals surface area contributed by atoms with Gasteiger partial charge >= 0.3 is 0 Å². The normalized spacial score (nSPS) is 10.6. The van der Waals surface area contributed by atoms with Crippen molar-refractivity contribution in [2.75, 3.05) is 48.0 Å². The molecular weight excluding hydrogens is 442 g/mol. The van der Waals surface area contributed by atoms with Gasteiger partial charge in [0.25, 0.3) is 0 Å². The minimum atomic E-state index is -0.349. The Morgan fingerprint density at radius 1 is 0.765 bits per heavy atom. The van der Waals surface area contributed by atoms with Gasteiger partial charge in [-0.2, -0.15) is 5.10 Å². The number of ether oxygens (including phenoxy) is 6. The van der Waals surface area contributed by atoms with Crippen LogP contribution in [0.3, 0.4) is 0 Å². The highest BCUT2D eigenvalue weighted by molar-refractivity contribution is 6.02. The molecule has 180 valence electrons. The van der Waals surface area contributed by atoms with Gasteiger partial charge in [0, 0.05) is 29.5 Å². The average molecular weight is 469 g/mol. The summed E-state index contributed by atoms with van der Waals surface area (Å²) in [6.07, 6.45) is 3.00. The quantitative estimate of drug-likeness (QED) is 0.432. The Morgan fingerprint density at radius 2 is 1.26 bits per heavy atom. The molecule has 2 aromatic carbocycles. The van der Waals surface area contributed by atoms with Crippen molar-refractivity contribution in [2.45, 2.75) is 0 Å². The Labute approximate surface area is 197 Å². The molecule has 0 radical (unpaired) electrons. The van der Waals surface area contributed by atoms with E-state index in [0.29, 0.717) is 51.6 Å². The maximum absolute atomic E-state index is 12.5. The molecule has 3 aromatic rings. The van der Waals surface area contributed by atoms with Crippen LogP contribution in [0.5, 0.6) is 34.5 Å². The van der Waals surface area contributed by atoms with Gasteiger partial charge in [-0.05, 0) is 24.3 Å². The molecule has 0 atom stereocenters. The van der Waals surface area contributed by atoms with Crippen LogP contribution >= 0.6 is 0 Å². The van der Waals surface area contributed by atoms with Gasteiger partial charge in [-0.15, -0.1) is 0 Å². The molecule has 1 aromatic heterocycles. The summed E-state index contributed by atoms with van der Waals surface area (Å²) in [5.41, 5.74) is 2.52. The number of rotatable bonds is 10. The third-order valence-corrected chi connectivity index (χ3v) is 4.90. The number of aromatic amines is 1. The van der Waals surface area contributed by atoms with Crippen molar-refractivity contribution in [3.63, 3.8) is 0 Å². The molecule has 1 heterocycles. The molecule has 0 aliphatic rings. The minimum absolute atomic E-state index is 0.349. The van der Waals surface area contributed by atoms with Crippen LogP contribution in [0.2, 0.25) is 0 Å². The lowest BCUT2D eigenvalue weighted by Crippen LogP contribution is -2.08. The van der Waals surface area contributed by atoms with Gasteiger partial charge in [-0.1, -0.05) is 0 Å². The Hall–Kier alpha value is -4.34. The molecule has 2 N–H and O–H groups in total. The Balaban J connectivity index is 1.77. The molecule has 0 bridgehead atoms. The molecular formula is C24H27N3O7. The molecule has 3 rings (SSSR count). The summed E-state index contributed by atoms with van der Waals surface area (Å²) in [5.74, 6) is 2.49. The number of carbonyl (C=O) groups excluding carboxylic acids is 1. The number of nitrogens with zero attached hydrogens (tertiary/aromatic N) is 1. The molecule has 0 saturated heterocycles. The van der Waals surface area contributed by atoms with E-state index in [4.69, 9.17) is 28.4 Å². The van der Waals surface area contributed by atoms with E-state index in [2.05, 4.69) is 15.5 Å². The summed E-state index contributed by atoms with van der Waals surface area (Å²) < 4.78 is 32.1. The predicted molar refractivity (Wildman–Crippen MR) is 127 cm³/mol. The fourth-order valence-electron chi connectivity index (χ4n) is 3.30. The summed E-state index contributed by atoms with van der Waals surface area (Å²) in [7, 11) is 9.16. The van der Waals surface area contributed by atoms with Crippen LogP contribution in [-0.2, 0) is 4.79 Å². The summed E-state index contributed by atoms with van der Waals surface area (Å²) in [5, 5.41) is 9.98. The molecule has 0 aliphatic carbocycles. The van der Waals surface area contributed by atoms with Gasteiger partial charge in [-0.3, -0.25) is 9.89 Å². The molecule has 0 unspecified atom stereocenters. The zero-order valence-corrected chi connectivity index (χ0v) is 19.8. The first-order chi connectivity index (χ1) is 16.5. The van der Waals surface area contributed by atoms with E-state index in [1.807, 2.05) is 0 Å². The van der Waals surface area contributed by atoms with Crippen LogP contribution < -0.4 is 33.7 Å². The summed E-state index contributed by atoms with van der Waals surface area (Å²) in [6, 6.07) is 8.67. The summed E-state index contributed by atoms with van der Waals surface area (Å²) in [6.45, 7) is 0. The number of anilines is 1. The van der Waals surface area contributed by atoms with Crippen LogP contribution in [0.25, 0.3) is 17.3 Å². The van der Waals surface area contributed by atoms with Crippen molar-refractivity contribution in [1.82, 2.24) is 10.2 Å². The number of carbonyl (C=O) groups is 1. The van der Waals surface area contributed by atoms with Gasteiger partial charge in [0.15, 0.2) is 23.0 Å². The Kier molecular flexibility index (Phi) is 7.86. The van der Waals surface area contributed by atoms with E-state index in [9.17, 15) is 4.79 Å². The first kappa shape index (κ1) is 24.3. The van der Waals surface area contributed by atoms with Crippen molar-refractivity contribution >= 4 is 17.7 Å². The second-order valence-corrected chi connectivity index (χ2v) is 6.86. The topological polar surface area (TPSA) is 113 Å². The Morgan fingerprint density at radius 3 is 1.74 bits per heavy atom. The maximum atomic E-state index is 12.5. The standard InChI is InChI=1S/C24H27N3O7/c1-29-18-9-14(10-19(30-2)23(18)33-5)17-11-15(26-27-17)7-8-22(28)25-16-12-20(31-3)24(34-6)21(13-16)32-4/h7-13H,1-6H3,(H,25,28)(H,26,27)/b8-7+. The first-order valence-electron chi connectivity index (χ1n) is 10.1. The van der Waals surface area contributed by atoms with E-state index >= 15 is 0 Å². The van der Waals surface area contributed by atoms with E-state index in [1.54, 1.807) is 57.7 Å². The lowest BCUT2D eigenvalue weighted by Gasteiger charge is -2.14. The lowest BCUT2D eigenvalue weighted by molar-refractivity contribution is -0.111. The van der Waals surface area contributed by atoms with Crippen LogP contribution in [0, 0.1) is 0 Å². The molecule has 0 saturated carbocycles. The zero-order chi connectivity index (χ0) is 24.7. The third-order valence-electron chi connectivity index (χ3n) is 4.90. The van der Waals surface area contributed by atoms with Gasteiger partial charge in [-0.25, -0.2) is 0 Å². The second kappa shape index (κ2) is 11.0. The highest BCUT2D eigenvalue weighted by Gasteiger charge is 2.16. The molecule has 0 spiro atoms. The lowest BCUT2D eigenvalue weighted by atomic mass is 10.1. The molecule has 0 fully saturated rings. The number of benzene rings is 2. The summed E-state index contributed by atoms with van der Waals surface area (Å²) in [4.78, 5) is 12.5. The summed E-state index contributed by atoms with van der Waals surface area (Å²) >= 11 is 0.